The van der Waals surface area contributed by atoms with E-state index in [1.165, 1.54) is 20.0 Å². The third-order valence-corrected chi connectivity index (χ3v) is 4.72. The Balaban J connectivity index is 2.38. The lowest BCUT2D eigenvalue weighted by Crippen LogP contribution is -2.08. The molecule has 1 unspecified atom stereocenters. The van der Waals surface area contributed by atoms with Gasteiger partial charge in [-0.25, -0.2) is 0 Å². The van der Waals surface area contributed by atoms with Crippen LogP contribution < -0.4 is 0 Å². The van der Waals surface area contributed by atoms with Gasteiger partial charge in [0.2, 0.25) is 0 Å². The molecule has 0 aromatic heterocycles. The van der Waals surface area contributed by atoms with Crippen LogP contribution in [-0.2, 0) is 13.6 Å². The summed E-state index contributed by atoms with van der Waals surface area (Å²) < 4.78 is 22.7. The van der Waals surface area contributed by atoms with Crippen molar-refractivity contribution in [2.75, 3.05) is 13.3 Å². The van der Waals surface area contributed by atoms with Gasteiger partial charge in [-0.1, -0.05) is 26.2 Å². The monoisotopic (exact) mass is 220 g/mol. The maximum absolute atomic E-state index is 12.1. The third kappa shape index (κ3) is 3.72. The first kappa shape index (κ1) is 12.2. The number of hydrogen-bond acceptors (Lipinski definition) is 3. The maximum atomic E-state index is 12.1. The molecule has 0 radical (unpaired) electrons. The Labute approximate surface area is 86.7 Å². The Morgan fingerprint density at radius 1 is 1.36 bits per heavy atom. The predicted octanol–water partition coefficient (Wildman–Crippen LogP) is 3.59. The SMILES string of the molecule is CCCCP(=O)(OC)OC1CCCC1. The van der Waals surface area contributed by atoms with Crippen molar-refractivity contribution < 1.29 is 13.6 Å². The highest BCUT2D eigenvalue weighted by atomic mass is 31.2. The van der Waals surface area contributed by atoms with Gasteiger partial charge in [0.05, 0.1) is 12.3 Å². The molecular formula is C10H21O3P. The van der Waals surface area contributed by atoms with E-state index < -0.39 is 7.60 Å². The van der Waals surface area contributed by atoms with E-state index in [0.29, 0.717) is 6.16 Å². The van der Waals surface area contributed by atoms with E-state index in [-0.39, 0.29) is 6.10 Å². The van der Waals surface area contributed by atoms with Crippen molar-refractivity contribution in [2.45, 2.75) is 51.6 Å². The molecule has 0 aromatic carbocycles. The van der Waals surface area contributed by atoms with Crippen LogP contribution in [0.15, 0.2) is 0 Å². The summed E-state index contributed by atoms with van der Waals surface area (Å²) in [6.07, 6.45) is 7.16. The van der Waals surface area contributed by atoms with Crippen LogP contribution in [0, 0.1) is 0 Å². The Morgan fingerprint density at radius 3 is 2.50 bits per heavy atom. The summed E-state index contributed by atoms with van der Waals surface area (Å²) >= 11 is 0. The summed E-state index contributed by atoms with van der Waals surface area (Å²) in [5, 5.41) is 0. The third-order valence-electron chi connectivity index (χ3n) is 2.68. The van der Waals surface area contributed by atoms with Crippen LogP contribution >= 0.6 is 7.60 Å². The fraction of sp³-hybridized carbons (Fsp3) is 1.00. The minimum absolute atomic E-state index is 0.178. The summed E-state index contributed by atoms with van der Waals surface area (Å²) in [6.45, 7) is 2.08. The van der Waals surface area contributed by atoms with Crippen LogP contribution in [0.5, 0.6) is 0 Å². The van der Waals surface area contributed by atoms with E-state index in [0.717, 1.165) is 25.7 Å². The molecule has 0 aliphatic heterocycles. The molecule has 0 spiro atoms. The van der Waals surface area contributed by atoms with Crippen LogP contribution in [0.2, 0.25) is 0 Å². The zero-order valence-corrected chi connectivity index (χ0v) is 10.1. The molecule has 0 aromatic rings. The Kier molecular flexibility index (Phi) is 5.14. The van der Waals surface area contributed by atoms with Gasteiger partial charge in [-0.3, -0.25) is 4.57 Å². The molecule has 0 bridgehead atoms. The second-order valence-electron chi connectivity index (χ2n) is 3.88. The molecule has 1 aliphatic rings. The number of unbranched alkanes of at least 4 members (excludes halogenated alkanes) is 1. The summed E-state index contributed by atoms with van der Waals surface area (Å²) in [4.78, 5) is 0. The highest BCUT2D eigenvalue weighted by molar-refractivity contribution is 7.53. The average molecular weight is 220 g/mol. The second-order valence-corrected chi connectivity index (χ2v) is 6.13. The Morgan fingerprint density at radius 2 is 2.00 bits per heavy atom. The molecule has 0 saturated heterocycles. The lowest BCUT2D eigenvalue weighted by atomic mass is 10.3. The fourth-order valence-electron chi connectivity index (χ4n) is 1.76. The van der Waals surface area contributed by atoms with Crippen molar-refractivity contribution >= 4 is 7.60 Å². The first-order valence-electron chi connectivity index (χ1n) is 5.53. The quantitative estimate of drug-likeness (QED) is 0.642. The molecule has 1 aliphatic carbocycles. The Bertz CT molecular complexity index is 200. The summed E-state index contributed by atoms with van der Waals surface area (Å²) in [5.41, 5.74) is 0. The molecule has 14 heavy (non-hydrogen) atoms. The van der Waals surface area contributed by atoms with Crippen molar-refractivity contribution in [1.29, 1.82) is 0 Å². The van der Waals surface area contributed by atoms with Gasteiger partial charge < -0.3 is 9.05 Å². The van der Waals surface area contributed by atoms with Crippen molar-refractivity contribution in [2.24, 2.45) is 0 Å². The van der Waals surface area contributed by atoms with E-state index in [2.05, 4.69) is 6.92 Å². The summed E-state index contributed by atoms with van der Waals surface area (Å²) in [5.74, 6) is 0. The first-order chi connectivity index (χ1) is 6.70. The average Bonchev–Trinajstić information content (AvgIpc) is 2.67. The molecule has 0 N–H and O–H groups in total. The normalized spacial score (nSPS) is 22.4. The van der Waals surface area contributed by atoms with Gasteiger partial charge in [0.25, 0.3) is 0 Å². The summed E-state index contributed by atoms with van der Waals surface area (Å²) in [6, 6.07) is 0. The molecular weight excluding hydrogens is 199 g/mol. The van der Waals surface area contributed by atoms with Crippen LogP contribution in [0.4, 0.5) is 0 Å². The molecule has 1 saturated carbocycles. The molecule has 1 fully saturated rings. The fourth-order valence-corrected chi connectivity index (χ4v) is 3.50. The topological polar surface area (TPSA) is 35.5 Å². The van der Waals surface area contributed by atoms with Crippen molar-refractivity contribution in [1.82, 2.24) is 0 Å². The van der Waals surface area contributed by atoms with E-state index in [1.807, 2.05) is 0 Å². The molecule has 0 heterocycles. The van der Waals surface area contributed by atoms with Crippen LogP contribution in [-0.4, -0.2) is 19.4 Å². The Hall–Kier alpha value is 0.150. The van der Waals surface area contributed by atoms with Gasteiger partial charge in [-0.2, -0.15) is 0 Å². The zero-order valence-electron chi connectivity index (χ0n) is 9.20. The zero-order chi connectivity index (χ0) is 10.4. The van der Waals surface area contributed by atoms with E-state index in [1.54, 1.807) is 0 Å². The van der Waals surface area contributed by atoms with Crippen molar-refractivity contribution in [3.63, 3.8) is 0 Å². The molecule has 84 valence electrons. The smallest absolute Gasteiger partial charge is 0.312 e. The number of hydrogen-bond donors (Lipinski definition) is 0. The highest BCUT2D eigenvalue weighted by Gasteiger charge is 2.28. The number of rotatable bonds is 6. The largest absolute Gasteiger partial charge is 0.330 e. The van der Waals surface area contributed by atoms with Crippen molar-refractivity contribution in [3.8, 4) is 0 Å². The minimum Gasteiger partial charge on any atom is -0.312 e. The summed E-state index contributed by atoms with van der Waals surface area (Å²) in [7, 11) is -1.27. The molecule has 1 rings (SSSR count). The predicted molar refractivity (Wildman–Crippen MR) is 57.7 cm³/mol. The molecule has 3 nitrogen and oxygen atoms in total. The minimum atomic E-state index is -2.77. The van der Waals surface area contributed by atoms with E-state index in [4.69, 9.17) is 9.05 Å². The van der Waals surface area contributed by atoms with Crippen LogP contribution in [0.25, 0.3) is 0 Å². The van der Waals surface area contributed by atoms with Crippen LogP contribution in [0.3, 0.4) is 0 Å². The van der Waals surface area contributed by atoms with Crippen molar-refractivity contribution in [3.05, 3.63) is 0 Å². The van der Waals surface area contributed by atoms with Gasteiger partial charge in [-0.15, -0.1) is 0 Å². The van der Waals surface area contributed by atoms with Gasteiger partial charge in [0.15, 0.2) is 0 Å². The van der Waals surface area contributed by atoms with E-state index in [9.17, 15) is 4.57 Å². The highest BCUT2D eigenvalue weighted by Crippen LogP contribution is 2.51. The molecule has 4 heteroatoms. The standard InChI is InChI=1S/C10H21O3P/c1-3-4-9-14(11,12-2)13-10-7-5-6-8-10/h10H,3-9H2,1-2H3. The molecule has 0 amide bonds. The maximum Gasteiger partial charge on any atom is 0.330 e. The lowest BCUT2D eigenvalue weighted by Gasteiger charge is -2.20. The lowest BCUT2D eigenvalue weighted by molar-refractivity contribution is 0.165. The van der Waals surface area contributed by atoms with Gasteiger partial charge in [0, 0.05) is 7.11 Å². The second kappa shape index (κ2) is 5.89. The van der Waals surface area contributed by atoms with Crippen LogP contribution in [0.1, 0.15) is 45.4 Å². The van der Waals surface area contributed by atoms with E-state index >= 15 is 0 Å². The molecule has 1 atom stereocenters. The van der Waals surface area contributed by atoms with Gasteiger partial charge in [-0.05, 0) is 19.3 Å². The van der Waals surface area contributed by atoms with Gasteiger partial charge >= 0.3 is 7.60 Å². The first-order valence-corrected chi connectivity index (χ1v) is 7.26. The van der Waals surface area contributed by atoms with Gasteiger partial charge in [0.1, 0.15) is 0 Å².